The Balaban J connectivity index is 1.17. The van der Waals surface area contributed by atoms with Gasteiger partial charge in [-0.25, -0.2) is 13.8 Å². The molecular weight excluding hydrogens is 612 g/mol. The Kier molecular flexibility index (Phi) is 10.2. The largest absolute Gasteiger partial charge is 0.489 e. The number of fused-ring (bicyclic) bond motifs is 2. The van der Waals surface area contributed by atoms with Crippen LogP contribution in [-0.4, -0.2) is 58.8 Å². The molecule has 3 aromatic rings. The molecule has 0 radical (unpaired) electrons. The van der Waals surface area contributed by atoms with Gasteiger partial charge in [-0.05, 0) is 92.3 Å². The second-order valence-corrected chi connectivity index (χ2v) is 12.8. The Morgan fingerprint density at radius 3 is 2.54 bits per heavy atom. The predicted octanol–water partition coefficient (Wildman–Crippen LogP) is 6.56. The summed E-state index contributed by atoms with van der Waals surface area (Å²) >= 11 is 5.87. The fraction of sp³-hybridized carbons (Fsp3) is 0.444. The van der Waals surface area contributed by atoms with Crippen molar-refractivity contribution in [3.63, 3.8) is 0 Å². The van der Waals surface area contributed by atoms with Crippen LogP contribution < -0.4 is 14.8 Å². The zero-order chi connectivity index (χ0) is 32.2. The number of aliphatic hydroxyl groups is 1. The molecule has 2 N–H and O–H groups in total. The van der Waals surface area contributed by atoms with Crippen LogP contribution in [-0.2, 0) is 17.8 Å². The zero-order valence-electron chi connectivity index (χ0n) is 26.0. The van der Waals surface area contributed by atoms with E-state index in [1.807, 2.05) is 17.9 Å². The topological polar surface area (TPSA) is 83.9 Å². The summed E-state index contributed by atoms with van der Waals surface area (Å²) in [5.41, 5.74) is 6.08. The van der Waals surface area contributed by atoms with Gasteiger partial charge in [-0.1, -0.05) is 35.9 Å². The van der Waals surface area contributed by atoms with Crippen LogP contribution in [0.3, 0.4) is 0 Å². The summed E-state index contributed by atoms with van der Waals surface area (Å²) in [5.74, 6) is -1.02. The number of benzene rings is 2. The normalized spacial score (nSPS) is 19.0. The van der Waals surface area contributed by atoms with Gasteiger partial charge in [-0.15, -0.1) is 0 Å². The molecule has 0 spiro atoms. The highest BCUT2D eigenvalue weighted by Gasteiger charge is 2.42. The van der Waals surface area contributed by atoms with Gasteiger partial charge in [0.2, 0.25) is 5.88 Å². The third kappa shape index (κ3) is 7.22. The van der Waals surface area contributed by atoms with Crippen molar-refractivity contribution in [2.24, 2.45) is 0 Å². The molecule has 2 bridgehead atoms. The van der Waals surface area contributed by atoms with Crippen LogP contribution in [0.4, 0.5) is 8.78 Å². The Bertz CT molecular complexity index is 1590. The number of aliphatic hydroxyl groups excluding tert-OH is 1. The van der Waals surface area contributed by atoms with Crippen molar-refractivity contribution >= 4 is 23.1 Å². The third-order valence-electron chi connectivity index (χ3n) is 9.16. The summed E-state index contributed by atoms with van der Waals surface area (Å²) in [7, 11) is 0. The van der Waals surface area contributed by atoms with Crippen LogP contribution in [0.25, 0.3) is 5.57 Å². The second kappa shape index (κ2) is 14.5. The first kappa shape index (κ1) is 32.4. The van der Waals surface area contributed by atoms with Gasteiger partial charge in [0, 0.05) is 55.0 Å². The van der Waals surface area contributed by atoms with E-state index >= 15 is 0 Å². The number of pyridine rings is 1. The van der Waals surface area contributed by atoms with Crippen LogP contribution in [0.5, 0.6) is 11.6 Å². The molecule has 1 saturated heterocycles. The number of aryl methyl sites for hydroxylation is 1. The van der Waals surface area contributed by atoms with Gasteiger partial charge >= 0.3 is 0 Å². The summed E-state index contributed by atoms with van der Waals surface area (Å²) < 4.78 is 39.0. The minimum Gasteiger partial charge on any atom is -0.489 e. The summed E-state index contributed by atoms with van der Waals surface area (Å²) in [5, 5.41) is 12.5. The lowest BCUT2D eigenvalue weighted by Gasteiger charge is -2.32. The number of carbonyl (C=O) groups excluding carboxylic acids is 1. The molecule has 2 fully saturated rings. The monoisotopic (exact) mass is 651 g/mol. The Hall–Kier alpha value is -3.53. The first-order valence-electron chi connectivity index (χ1n) is 16.2. The van der Waals surface area contributed by atoms with E-state index in [1.54, 1.807) is 6.20 Å². The van der Waals surface area contributed by atoms with Crippen molar-refractivity contribution in [3.8, 4) is 11.6 Å². The SMILES string of the molecule is Cc1c(CN(C(=O)C2=C(c3ccc(CCCOc4c(F)ccc(F)c4Cl)cc3)C[C@@H]3CC[C@H]2N3)C2CC2)ccnc1OCCCO. The molecule has 2 aromatic carbocycles. The van der Waals surface area contributed by atoms with Gasteiger partial charge in [0.25, 0.3) is 5.91 Å². The van der Waals surface area contributed by atoms with Gasteiger partial charge in [-0.3, -0.25) is 4.79 Å². The smallest absolute Gasteiger partial charge is 0.252 e. The van der Waals surface area contributed by atoms with E-state index in [-0.39, 0.29) is 42.0 Å². The van der Waals surface area contributed by atoms with E-state index in [9.17, 15) is 13.6 Å². The number of amides is 1. The number of hydrogen-bond donors (Lipinski definition) is 2. The van der Waals surface area contributed by atoms with E-state index in [2.05, 4.69) is 34.6 Å². The number of hydrogen-bond acceptors (Lipinski definition) is 6. The molecule has 244 valence electrons. The van der Waals surface area contributed by atoms with Crippen LogP contribution in [0.1, 0.15) is 67.2 Å². The summed E-state index contributed by atoms with van der Waals surface area (Å²) in [6.45, 7) is 3.12. The third-order valence-corrected chi connectivity index (χ3v) is 9.51. The van der Waals surface area contributed by atoms with Gasteiger partial charge < -0.3 is 24.8 Å². The van der Waals surface area contributed by atoms with E-state index in [0.717, 1.165) is 77.6 Å². The first-order valence-corrected chi connectivity index (χ1v) is 16.6. The number of carbonyl (C=O) groups is 1. The molecule has 2 aliphatic heterocycles. The maximum absolute atomic E-state index is 14.5. The summed E-state index contributed by atoms with van der Waals surface area (Å²) in [6, 6.07) is 12.9. The van der Waals surface area contributed by atoms with Crippen molar-refractivity contribution in [2.75, 3.05) is 19.8 Å². The van der Waals surface area contributed by atoms with Crippen LogP contribution in [0, 0.1) is 18.6 Å². The molecule has 6 rings (SSSR count). The molecule has 1 amide bonds. The van der Waals surface area contributed by atoms with Crippen molar-refractivity contribution in [1.29, 1.82) is 0 Å². The van der Waals surface area contributed by atoms with Crippen LogP contribution in [0.15, 0.2) is 54.2 Å². The van der Waals surface area contributed by atoms with Gasteiger partial charge in [0.05, 0.1) is 13.2 Å². The van der Waals surface area contributed by atoms with E-state index in [1.165, 1.54) is 0 Å². The van der Waals surface area contributed by atoms with E-state index in [4.69, 9.17) is 26.2 Å². The second-order valence-electron chi connectivity index (χ2n) is 12.4. The molecule has 10 heteroatoms. The fourth-order valence-electron chi connectivity index (χ4n) is 6.49. The number of nitrogens with zero attached hydrogens (tertiary/aromatic N) is 2. The minimum atomic E-state index is -0.714. The molecule has 3 heterocycles. The number of aromatic nitrogens is 1. The molecule has 7 nitrogen and oxygen atoms in total. The number of ether oxygens (including phenoxy) is 2. The molecule has 1 aromatic heterocycles. The number of nitrogens with one attached hydrogen (secondary N) is 1. The van der Waals surface area contributed by atoms with Crippen molar-refractivity contribution < 1.29 is 28.2 Å². The van der Waals surface area contributed by atoms with Gasteiger partial charge in [-0.2, -0.15) is 0 Å². The molecule has 1 saturated carbocycles. The number of halogens is 3. The lowest BCUT2D eigenvalue weighted by atomic mass is 9.88. The molecule has 0 unspecified atom stereocenters. The maximum atomic E-state index is 14.5. The molecule has 1 aliphatic carbocycles. The maximum Gasteiger partial charge on any atom is 0.252 e. The minimum absolute atomic E-state index is 0.0327. The Morgan fingerprint density at radius 2 is 1.78 bits per heavy atom. The van der Waals surface area contributed by atoms with Crippen LogP contribution >= 0.6 is 11.6 Å². The molecule has 2 atom stereocenters. The molecular formula is C36H40ClF2N3O4. The van der Waals surface area contributed by atoms with Gasteiger partial charge in [0.1, 0.15) is 10.8 Å². The highest BCUT2D eigenvalue weighted by Crippen LogP contribution is 2.40. The lowest BCUT2D eigenvalue weighted by molar-refractivity contribution is -0.128. The van der Waals surface area contributed by atoms with Crippen molar-refractivity contribution in [2.45, 2.75) is 83.0 Å². The number of rotatable bonds is 14. The molecule has 3 aliphatic rings. The average Bonchev–Trinajstić information content (AvgIpc) is 3.84. The summed E-state index contributed by atoms with van der Waals surface area (Å²) in [4.78, 5) is 20.9. The van der Waals surface area contributed by atoms with Crippen molar-refractivity contribution in [1.82, 2.24) is 15.2 Å². The Labute approximate surface area is 273 Å². The quantitative estimate of drug-likeness (QED) is 0.152. The highest BCUT2D eigenvalue weighted by molar-refractivity contribution is 6.32. The zero-order valence-corrected chi connectivity index (χ0v) is 26.8. The highest BCUT2D eigenvalue weighted by atomic mass is 35.5. The van der Waals surface area contributed by atoms with E-state index < -0.39 is 11.6 Å². The fourth-order valence-corrected chi connectivity index (χ4v) is 6.69. The lowest BCUT2D eigenvalue weighted by Crippen LogP contribution is -2.44. The van der Waals surface area contributed by atoms with Crippen molar-refractivity contribution in [3.05, 3.63) is 93.1 Å². The molecule has 46 heavy (non-hydrogen) atoms. The predicted molar refractivity (Wildman–Crippen MR) is 173 cm³/mol. The van der Waals surface area contributed by atoms with E-state index in [0.29, 0.717) is 44.3 Å². The first-order chi connectivity index (χ1) is 22.3. The van der Waals surface area contributed by atoms with Crippen LogP contribution in [0.2, 0.25) is 5.02 Å². The Morgan fingerprint density at radius 1 is 1.02 bits per heavy atom. The average molecular weight is 652 g/mol. The van der Waals surface area contributed by atoms with Gasteiger partial charge in [0.15, 0.2) is 11.6 Å². The standard InChI is InChI=1S/C36H40ClF2N3O4/c1-22-25(15-16-40-35(22)46-19-3-17-43)21-42(27-10-11-27)36(44)32-28(20-26-9-14-31(32)41-26)24-7-5-23(6-8-24)4-2-18-45-34-30(39)13-12-29(38)33(34)37/h5-8,12-13,15-16,26-27,31,41,43H,2-4,9-11,14,17-21H2,1H3/t26-,31+/m0/s1. The summed E-state index contributed by atoms with van der Waals surface area (Å²) in [6.07, 6.45) is 8.34.